The van der Waals surface area contributed by atoms with Gasteiger partial charge in [-0.3, -0.25) is 4.55 Å². The van der Waals surface area contributed by atoms with Crippen LogP contribution in [0.1, 0.15) is 35.2 Å². The molecule has 2 aromatic carbocycles. The van der Waals surface area contributed by atoms with Gasteiger partial charge in [0, 0.05) is 6.04 Å². The third kappa shape index (κ3) is 7.67. The lowest BCUT2D eigenvalue weighted by Gasteiger charge is -2.17. The largest absolute Gasteiger partial charge is 0.416 e. The Labute approximate surface area is 164 Å². The molecule has 0 amide bonds. The molecule has 0 bridgehead atoms. The van der Waals surface area contributed by atoms with Crippen molar-refractivity contribution in [3.05, 3.63) is 64.7 Å². The van der Waals surface area contributed by atoms with Crippen LogP contribution < -0.4 is 5.32 Å². The highest BCUT2D eigenvalue weighted by atomic mass is 32.2. The second kappa shape index (κ2) is 9.14. The van der Waals surface area contributed by atoms with Crippen LogP contribution in [-0.4, -0.2) is 20.0 Å². The minimum atomic E-state index is -4.80. The van der Waals surface area contributed by atoms with Crippen molar-refractivity contribution in [2.75, 3.05) is 7.05 Å². The first-order valence-corrected chi connectivity index (χ1v) is 9.50. The molecule has 0 aliphatic heterocycles. The number of alkyl halides is 6. The van der Waals surface area contributed by atoms with Gasteiger partial charge in [-0.25, -0.2) is 0 Å². The molecule has 4 nitrogen and oxygen atoms in total. The zero-order valence-corrected chi connectivity index (χ0v) is 16.4. The van der Waals surface area contributed by atoms with Crippen molar-refractivity contribution in [3.8, 4) is 0 Å². The predicted octanol–water partition coefficient (Wildman–Crippen LogP) is 5.25. The summed E-state index contributed by atoms with van der Waals surface area (Å²) in [6.07, 6.45) is -9.60. The predicted molar refractivity (Wildman–Crippen MR) is 94.9 cm³/mol. The molecule has 0 aliphatic carbocycles. The van der Waals surface area contributed by atoms with Crippen LogP contribution in [0, 0.1) is 6.92 Å². The Kier molecular flexibility index (Phi) is 7.86. The van der Waals surface area contributed by atoms with Gasteiger partial charge in [-0.05, 0) is 56.8 Å². The van der Waals surface area contributed by atoms with Crippen LogP contribution in [0.3, 0.4) is 0 Å². The molecule has 2 aromatic rings. The summed E-state index contributed by atoms with van der Waals surface area (Å²) in [6.45, 7) is 3.32. The lowest BCUT2D eigenvalue weighted by atomic mass is 10.0. The molecule has 0 aliphatic rings. The molecule has 0 radical (unpaired) electrons. The average Bonchev–Trinajstić information content (AvgIpc) is 2.59. The minimum Gasteiger partial charge on any atom is -0.313 e. The Hall–Kier alpha value is -2.11. The summed E-state index contributed by atoms with van der Waals surface area (Å²) in [7, 11) is -2.56. The van der Waals surface area contributed by atoms with Crippen molar-refractivity contribution in [1.82, 2.24) is 5.32 Å². The number of hydrogen-bond donors (Lipinski definition) is 2. The van der Waals surface area contributed by atoms with Crippen LogP contribution >= 0.6 is 0 Å². The van der Waals surface area contributed by atoms with Crippen LogP contribution in [-0.2, 0) is 22.5 Å². The lowest BCUT2D eigenvalue weighted by molar-refractivity contribution is -0.143. The summed E-state index contributed by atoms with van der Waals surface area (Å²) < 4.78 is 105. The Bertz CT molecular complexity index is 890. The fraction of sp³-hybridized carbons (Fsp3) is 0.333. The second-order valence-electron chi connectivity index (χ2n) is 6.14. The van der Waals surface area contributed by atoms with Crippen molar-refractivity contribution in [3.63, 3.8) is 0 Å². The van der Waals surface area contributed by atoms with E-state index >= 15 is 0 Å². The first-order chi connectivity index (χ1) is 13.1. The Morgan fingerprint density at radius 2 is 1.31 bits per heavy atom. The third-order valence-electron chi connectivity index (χ3n) is 3.86. The van der Waals surface area contributed by atoms with E-state index in [1.807, 2.05) is 6.92 Å². The summed E-state index contributed by atoms with van der Waals surface area (Å²) in [5.74, 6) is 0. The molecule has 0 heterocycles. The number of nitrogens with one attached hydrogen (secondary N) is 1. The van der Waals surface area contributed by atoms with Crippen LogP contribution in [0.2, 0.25) is 0 Å². The van der Waals surface area contributed by atoms with E-state index in [-0.39, 0.29) is 16.5 Å². The van der Waals surface area contributed by atoms with Crippen molar-refractivity contribution < 1.29 is 39.3 Å². The zero-order chi connectivity index (χ0) is 22.6. The topological polar surface area (TPSA) is 66.4 Å². The molecular formula is C18H19F6NO3S. The number of rotatable bonds is 3. The van der Waals surface area contributed by atoms with E-state index in [1.165, 1.54) is 26.1 Å². The van der Waals surface area contributed by atoms with Gasteiger partial charge in [0.1, 0.15) is 0 Å². The van der Waals surface area contributed by atoms with Crippen molar-refractivity contribution in [2.24, 2.45) is 0 Å². The lowest BCUT2D eigenvalue weighted by Crippen LogP contribution is -2.17. The molecule has 0 saturated carbocycles. The quantitative estimate of drug-likeness (QED) is 0.503. The molecule has 0 unspecified atom stereocenters. The van der Waals surface area contributed by atoms with Crippen LogP contribution in [0.5, 0.6) is 0 Å². The van der Waals surface area contributed by atoms with E-state index in [4.69, 9.17) is 4.55 Å². The Morgan fingerprint density at radius 1 is 0.897 bits per heavy atom. The highest BCUT2D eigenvalue weighted by molar-refractivity contribution is 7.85. The van der Waals surface area contributed by atoms with E-state index in [0.29, 0.717) is 0 Å². The van der Waals surface area contributed by atoms with Crippen LogP contribution in [0.4, 0.5) is 26.3 Å². The van der Waals surface area contributed by atoms with Gasteiger partial charge in [0.15, 0.2) is 0 Å². The van der Waals surface area contributed by atoms with Crippen molar-refractivity contribution >= 4 is 10.1 Å². The van der Waals surface area contributed by atoms with Gasteiger partial charge < -0.3 is 5.32 Å². The molecule has 2 N–H and O–H groups in total. The molecule has 0 saturated heterocycles. The van der Waals surface area contributed by atoms with Gasteiger partial charge in [0.25, 0.3) is 10.1 Å². The smallest absolute Gasteiger partial charge is 0.313 e. The number of aryl methyl sites for hydroxylation is 1. The summed E-state index contributed by atoms with van der Waals surface area (Å²) in [5, 5.41) is 2.60. The second-order valence-corrected chi connectivity index (χ2v) is 7.56. The summed E-state index contributed by atoms with van der Waals surface area (Å²) in [6, 6.07) is 6.94. The van der Waals surface area contributed by atoms with Gasteiger partial charge >= 0.3 is 12.4 Å². The Balaban J connectivity index is 0.000000326. The summed E-state index contributed by atoms with van der Waals surface area (Å²) >= 11 is 0. The van der Waals surface area contributed by atoms with Gasteiger partial charge in [-0.15, -0.1) is 0 Å². The maximum Gasteiger partial charge on any atom is 0.416 e. The molecule has 2 rings (SSSR count). The van der Waals surface area contributed by atoms with E-state index in [9.17, 15) is 34.8 Å². The molecule has 29 heavy (non-hydrogen) atoms. The zero-order valence-electron chi connectivity index (χ0n) is 15.6. The maximum absolute atomic E-state index is 12.5. The SMILES string of the molecule is CN[C@@H](C)c1cc(C(F)(F)F)cc(C(F)(F)F)c1.Cc1ccc(S(=O)(=O)O)cc1. The molecule has 11 heteroatoms. The minimum absolute atomic E-state index is 0.0559. The molecule has 1 atom stereocenters. The number of benzene rings is 2. The van der Waals surface area contributed by atoms with E-state index in [1.54, 1.807) is 12.1 Å². The first kappa shape index (κ1) is 24.9. The molecule has 0 aromatic heterocycles. The summed E-state index contributed by atoms with van der Waals surface area (Å²) in [4.78, 5) is -0.0666. The Morgan fingerprint density at radius 3 is 1.62 bits per heavy atom. The van der Waals surface area contributed by atoms with Gasteiger partial charge in [0.05, 0.1) is 16.0 Å². The maximum atomic E-state index is 12.5. The van der Waals surface area contributed by atoms with Crippen LogP contribution in [0.15, 0.2) is 47.4 Å². The molecule has 0 fully saturated rings. The number of hydrogen-bond acceptors (Lipinski definition) is 3. The third-order valence-corrected chi connectivity index (χ3v) is 4.73. The van der Waals surface area contributed by atoms with E-state index in [0.717, 1.165) is 17.7 Å². The molecular weight excluding hydrogens is 424 g/mol. The van der Waals surface area contributed by atoms with Crippen LogP contribution in [0.25, 0.3) is 0 Å². The van der Waals surface area contributed by atoms with Crippen molar-refractivity contribution in [1.29, 1.82) is 0 Å². The summed E-state index contributed by atoms with van der Waals surface area (Å²) in [5.41, 5.74) is -1.69. The highest BCUT2D eigenvalue weighted by Crippen LogP contribution is 2.37. The average molecular weight is 443 g/mol. The fourth-order valence-electron chi connectivity index (χ4n) is 2.11. The normalized spacial score (nSPS) is 13.4. The van der Waals surface area contributed by atoms with Gasteiger partial charge in [-0.1, -0.05) is 17.7 Å². The number of halogens is 6. The molecule has 162 valence electrons. The van der Waals surface area contributed by atoms with Crippen molar-refractivity contribution in [2.45, 2.75) is 37.1 Å². The molecule has 0 spiro atoms. The van der Waals surface area contributed by atoms with E-state index < -0.39 is 39.6 Å². The first-order valence-electron chi connectivity index (χ1n) is 8.06. The van der Waals surface area contributed by atoms with Gasteiger partial charge in [0.2, 0.25) is 0 Å². The van der Waals surface area contributed by atoms with E-state index in [2.05, 4.69) is 5.32 Å². The standard InChI is InChI=1S/C11H11F6N.C7H8O3S/c1-6(18-2)7-3-8(10(12,13)14)5-9(4-7)11(15,16)17;1-6-2-4-7(5-3-6)11(8,9)10/h3-6,18H,1-2H3;2-5H,1H3,(H,8,9,10)/t6-;/m0./s1. The van der Waals surface area contributed by atoms with Gasteiger partial charge in [-0.2, -0.15) is 34.8 Å². The fourth-order valence-corrected chi connectivity index (χ4v) is 2.59. The highest BCUT2D eigenvalue weighted by Gasteiger charge is 2.37. The monoisotopic (exact) mass is 443 g/mol.